The second-order valence-corrected chi connectivity index (χ2v) is 5.50. The number of rotatable bonds is 6. The van der Waals surface area contributed by atoms with Crippen molar-refractivity contribution in [3.05, 3.63) is 0 Å². The van der Waals surface area contributed by atoms with Crippen LogP contribution in [-0.4, -0.2) is 32.5 Å². The molecule has 4 nitrogen and oxygen atoms in total. The van der Waals surface area contributed by atoms with Gasteiger partial charge < -0.3 is 20.4 Å². The molecule has 18 heavy (non-hydrogen) atoms. The summed E-state index contributed by atoms with van der Waals surface area (Å²) in [5.74, 6) is -0.789. The molecule has 0 saturated carbocycles. The summed E-state index contributed by atoms with van der Waals surface area (Å²) in [5, 5.41) is 35.1. The van der Waals surface area contributed by atoms with Gasteiger partial charge in [0.15, 0.2) is 12.1 Å². The Bertz CT molecular complexity index is 187. The van der Waals surface area contributed by atoms with Crippen molar-refractivity contribution in [2.24, 2.45) is 17.8 Å². The third kappa shape index (κ3) is 11.0. The molecule has 3 atom stereocenters. The highest BCUT2D eigenvalue weighted by Gasteiger charge is 2.28. The summed E-state index contributed by atoms with van der Waals surface area (Å²) in [6, 6.07) is 0. The van der Waals surface area contributed by atoms with Gasteiger partial charge in [0.2, 0.25) is 0 Å². The SMILES string of the molecule is CCC(C)C(C)C(C)(O)O.CCC(C)CC(O)O. The van der Waals surface area contributed by atoms with Crippen LogP contribution in [-0.2, 0) is 0 Å². The van der Waals surface area contributed by atoms with Crippen molar-refractivity contribution in [1.29, 1.82) is 0 Å². The van der Waals surface area contributed by atoms with Crippen LogP contribution >= 0.6 is 0 Å². The summed E-state index contributed by atoms with van der Waals surface area (Å²) >= 11 is 0. The van der Waals surface area contributed by atoms with Crippen molar-refractivity contribution in [3.8, 4) is 0 Å². The third-order valence-corrected chi connectivity index (χ3v) is 3.67. The Hall–Kier alpha value is -0.160. The van der Waals surface area contributed by atoms with Gasteiger partial charge in [0.05, 0.1) is 0 Å². The van der Waals surface area contributed by atoms with E-state index < -0.39 is 12.1 Å². The summed E-state index contributed by atoms with van der Waals surface area (Å²) < 4.78 is 0. The molecule has 3 unspecified atom stereocenters. The maximum atomic E-state index is 9.14. The summed E-state index contributed by atoms with van der Waals surface area (Å²) in [5.41, 5.74) is 0. The molecule has 0 aliphatic carbocycles. The van der Waals surface area contributed by atoms with Crippen LogP contribution in [0.15, 0.2) is 0 Å². The highest BCUT2D eigenvalue weighted by Crippen LogP contribution is 2.23. The van der Waals surface area contributed by atoms with Crippen molar-refractivity contribution in [3.63, 3.8) is 0 Å². The van der Waals surface area contributed by atoms with Gasteiger partial charge in [-0.05, 0) is 18.8 Å². The first-order valence-electron chi connectivity index (χ1n) is 6.86. The first kappa shape index (κ1) is 20.2. The lowest BCUT2D eigenvalue weighted by atomic mass is 9.87. The van der Waals surface area contributed by atoms with E-state index in [2.05, 4.69) is 0 Å². The van der Waals surface area contributed by atoms with Crippen molar-refractivity contribution >= 4 is 0 Å². The van der Waals surface area contributed by atoms with Gasteiger partial charge in [0, 0.05) is 12.3 Å². The molecule has 0 aromatic carbocycles. The topological polar surface area (TPSA) is 80.9 Å². The second-order valence-electron chi connectivity index (χ2n) is 5.50. The second kappa shape index (κ2) is 9.73. The molecule has 0 heterocycles. The molecule has 0 saturated heterocycles. The van der Waals surface area contributed by atoms with Crippen molar-refractivity contribution in [1.82, 2.24) is 0 Å². The zero-order valence-electron chi connectivity index (χ0n) is 12.7. The number of hydrogen-bond donors (Lipinski definition) is 4. The maximum absolute atomic E-state index is 9.14. The lowest BCUT2D eigenvalue weighted by Gasteiger charge is -2.28. The number of aliphatic hydroxyl groups excluding tert-OH is 1. The molecule has 4 N–H and O–H groups in total. The Kier molecular flexibility index (Phi) is 10.9. The molecule has 0 rings (SSSR count). The molecule has 0 bridgehead atoms. The van der Waals surface area contributed by atoms with E-state index in [1.807, 2.05) is 34.6 Å². The van der Waals surface area contributed by atoms with E-state index in [9.17, 15) is 0 Å². The van der Waals surface area contributed by atoms with E-state index in [0.717, 1.165) is 12.8 Å². The van der Waals surface area contributed by atoms with Gasteiger partial charge in [-0.3, -0.25) is 0 Å². The van der Waals surface area contributed by atoms with Gasteiger partial charge in [0.1, 0.15) is 0 Å². The van der Waals surface area contributed by atoms with E-state index >= 15 is 0 Å². The van der Waals surface area contributed by atoms with Crippen LogP contribution in [0, 0.1) is 17.8 Å². The van der Waals surface area contributed by atoms with Crippen LogP contribution in [0.1, 0.15) is 60.8 Å². The Morgan fingerprint density at radius 2 is 1.39 bits per heavy atom. The fourth-order valence-electron chi connectivity index (χ4n) is 1.42. The summed E-state index contributed by atoms with van der Waals surface area (Å²) in [7, 11) is 0. The molecular weight excluding hydrogens is 232 g/mol. The smallest absolute Gasteiger partial charge is 0.162 e. The Morgan fingerprint density at radius 1 is 0.944 bits per heavy atom. The van der Waals surface area contributed by atoms with Gasteiger partial charge in [-0.2, -0.15) is 0 Å². The van der Waals surface area contributed by atoms with Gasteiger partial charge in [-0.1, -0.05) is 47.5 Å². The molecular formula is C14H32O4. The average Bonchev–Trinajstić information content (AvgIpc) is 2.25. The molecule has 0 aromatic rings. The fraction of sp³-hybridized carbons (Fsp3) is 1.00. The van der Waals surface area contributed by atoms with E-state index in [1.54, 1.807) is 0 Å². The van der Waals surface area contributed by atoms with Gasteiger partial charge in [0.25, 0.3) is 0 Å². The van der Waals surface area contributed by atoms with Crippen molar-refractivity contribution in [2.75, 3.05) is 0 Å². The zero-order chi connectivity index (χ0) is 14.9. The predicted molar refractivity (Wildman–Crippen MR) is 73.8 cm³/mol. The fourth-order valence-corrected chi connectivity index (χ4v) is 1.42. The van der Waals surface area contributed by atoms with Crippen LogP contribution in [0.4, 0.5) is 0 Å². The molecule has 0 radical (unpaired) electrons. The Balaban J connectivity index is 0. The predicted octanol–water partition coefficient (Wildman–Crippen LogP) is 2.10. The van der Waals surface area contributed by atoms with Crippen LogP contribution < -0.4 is 0 Å². The minimum atomic E-state index is -1.52. The van der Waals surface area contributed by atoms with E-state index in [-0.39, 0.29) is 5.92 Å². The van der Waals surface area contributed by atoms with Gasteiger partial charge in [-0.15, -0.1) is 0 Å². The molecule has 0 aliphatic rings. The molecule has 4 heteroatoms. The number of hydrogen-bond acceptors (Lipinski definition) is 4. The van der Waals surface area contributed by atoms with Crippen LogP contribution in [0.5, 0.6) is 0 Å². The monoisotopic (exact) mass is 264 g/mol. The normalized spacial score (nSPS) is 16.8. The quantitative estimate of drug-likeness (QED) is 0.554. The Labute approximate surface area is 112 Å². The molecule has 0 amide bonds. The van der Waals surface area contributed by atoms with E-state index in [1.165, 1.54) is 6.92 Å². The largest absolute Gasteiger partial charge is 0.368 e. The van der Waals surface area contributed by atoms with Gasteiger partial charge in [-0.25, -0.2) is 0 Å². The zero-order valence-corrected chi connectivity index (χ0v) is 12.7. The van der Waals surface area contributed by atoms with Crippen LogP contribution in [0.25, 0.3) is 0 Å². The number of aliphatic hydroxyl groups is 4. The van der Waals surface area contributed by atoms with Crippen LogP contribution in [0.3, 0.4) is 0 Å². The summed E-state index contributed by atoms with van der Waals surface area (Å²) in [6.07, 6.45) is 1.37. The summed E-state index contributed by atoms with van der Waals surface area (Å²) in [6.45, 7) is 11.4. The average molecular weight is 264 g/mol. The maximum Gasteiger partial charge on any atom is 0.162 e. The summed E-state index contributed by atoms with van der Waals surface area (Å²) in [4.78, 5) is 0. The first-order chi connectivity index (χ1) is 8.06. The van der Waals surface area contributed by atoms with E-state index in [0.29, 0.717) is 18.3 Å². The molecule has 0 aromatic heterocycles. The van der Waals surface area contributed by atoms with Crippen molar-refractivity contribution in [2.45, 2.75) is 72.9 Å². The van der Waals surface area contributed by atoms with Gasteiger partial charge >= 0.3 is 0 Å². The highest BCUT2D eigenvalue weighted by molar-refractivity contribution is 4.70. The molecule has 0 spiro atoms. The standard InChI is InChI=1S/C8H18O2.C6H14O2/c1-5-6(2)7(3)8(4,9)10;1-3-5(2)4-6(7)8/h6-7,9-10H,5H2,1-4H3;5-8H,3-4H2,1-2H3. The van der Waals surface area contributed by atoms with Crippen molar-refractivity contribution < 1.29 is 20.4 Å². The lowest BCUT2D eigenvalue weighted by molar-refractivity contribution is -0.191. The minimum absolute atomic E-state index is 0.0579. The third-order valence-electron chi connectivity index (χ3n) is 3.67. The molecule has 0 fully saturated rings. The highest BCUT2D eigenvalue weighted by atomic mass is 16.5. The van der Waals surface area contributed by atoms with E-state index in [4.69, 9.17) is 20.4 Å². The lowest BCUT2D eigenvalue weighted by Crippen LogP contribution is -2.35. The molecule has 112 valence electrons. The first-order valence-corrected chi connectivity index (χ1v) is 6.86. The Morgan fingerprint density at radius 3 is 1.50 bits per heavy atom. The minimum Gasteiger partial charge on any atom is -0.368 e. The van der Waals surface area contributed by atoms with Crippen LogP contribution in [0.2, 0.25) is 0 Å². The molecule has 0 aliphatic heterocycles.